The van der Waals surface area contributed by atoms with Crippen LogP contribution in [0.1, 0.15) is 0 Å². The summed E-state index contributed by atoms with van der Waals surface area (Å²) in [6.07, 6.45) is 0. The standard InChI is InChI=1S/C10H10BrClN6/c11-5-1-2-7(6(12)3-5)15-8-4-9(18-14)17-10(13)16-8/h1-4H,14H2,(H4,13,15,16,17,18). The molecule has 18 heavy (non-hydrogen) atoms. The smallest absolute Gasteiger partial charge is 0.223 e. The summed E-state index contributed by atoms with van der Waals surface area (Å²) in [7, 11) is 0. The molecule has 1 aromatic heterocycles. The average Bonchev–Trinajstić information content (AvgIpc) is 2.32. The van der Waals surface area contributed by atoms with E-state index in [2.05, 4.69) is 36.6 Å². The Morgan fingerprint density at radius 2 is 1.89 bits per heavy atom. The molecule has 0 spiro atoms. The van der Waals surface area contributed by atoms with E-state index in [9.17, 15) is 0 Å². The molecule has 0 radical (unpaired) electrons. The van der Waals surface area contributed by atoms with E-state index in [0.29, 0.717) is 22.3 Å². The summed E-state index contributed by atoms with van der Waals surface area (Å²) in [6.45, 7) is 0. The van der Waals surface area contributed by atoms with Crippen LogP contribution in [0, 0.1) is 0 Å². The molecule has 0 saturated heterocycles. The van der Waals surface area contributed by atoms with E-state index in [-0.39, 0.29) is 5.95 Å². The quantitative estimate of drug-likeness (QED) is 0.510. The van der Waals surface area contributed by atoms with Crippen molar-refractivity contribution in [2.45, 2.75) is 0 Å². The summed E-state index contributed by atoms with van der Waals surface area (Å²) in [5.41, 5.74) is 8.67. The van der Waals surface area contributed by atoms with Crippen LogP contribution in [0.3, 0.4) is 0 Å². The minimum absolute atomic E-state index is 0.112. The second-order valence-corrected chi connectivity index (χ2v) is 4.71. The number of nitrogens with one attached hydrogen (secondary N) is 2. The average molecular weight is 330 g/mol. The largest absolute Gasteiger partial charge is 0.368 e. The van der Waals surface area contributed by atoms with Crippen molar-refractivity contribution in [1.29, 1.82) is 0 Å². The number of anilines is 4. The Hall–Kier alpha value is -1.57. The number of rotatable bonds is 3. The third kappa shape index (κ3) is 3.00. The highest BCUT2D eigenvalue weighted by molar-refractivity contribution is 9.10. The van der Waals surface area contributed by atoms with Crippen LogP contribution in [-0.2, 0) is 0 Å². The fourth-order valence-corrected chi connectivity index (χ4v) is 2.05. The lowest BCUT2D eigenvalue weighted by atomic mass is 10.3. The fraction of sp³-hybridized carbons (Fsp3) is 0. The number of nitrogens with two attached hydrogens (primary N) is 2. The van der Waals surface area contributed by atoms with E-state index in [1.807, 2.05) is 12.1 Å². The van der Waals surface area contributed by atoms with Crippen LogP contribution in [0.15, 0.2) is 28.7 Å². The first-order valence-electron chi connectivity index (χ1n) is 4.92. The summed E-state index contributed by atoms with van der Waals surface area (Å²) in [6, 6.07) is 7.08. The lowest BCUT2D eigenvalue weighted by Crippen LogP contribution is -2.11. The van der Waals surface area contributed by atoms with Gasteiger partial charge in [-0.3, -0.25) is 0 Å². The van der Waals surface area contributed by atoms with Crippen molar-refractivity contribution in [1.82, 2.24) is 9.97 Å². The number of hydrogen-bond acceptors (Lipinski definition) is 6. The maximum Gasteiger partial charge on any atom is 0.223 e. The Bertz CT molecular complexity index is 576. The minimum Gasteiger partial charge on any atom is -0.368 e. The van der Waals surface area contributed by atoms with Crippen LogP contribution in [0.2, 0.25) is 5.02 Å². The molecule has 94 valence electrons. The van der Waals surface area contributed by atoms with Gasteiger partial charge in [-0.15, -0.1) is 0 Å². The number of hydrogen-bond donors (Lipinski definition) is 4. The van der Waals surface area contributed by atoms with E-state index in [4.69, 9.17) is 23.2 Å². The lowest BCUT2D eigenvalue weighted by molar-refractivity contribution is 1.15. The van der Waals surface area contributed by atoms with E-state index >= 15 is 0 Å². The molecule has 0 atom stereocenters. The monoisotopic (exact) mass is 328 g/mol. The first-order valence-corrected chi connectivity index (χ1v) is 6.09. The summed E-state index contributed by atoms with van der Waals surface area (Å²) in [5.74, 6) is 6.30. The molecule has 2 aromatic rings. The van der Waals surface area contributed by atoms with Gasteiger partial charge in [-0.2, -0.15) is 9.97 Å². The maximum atomic E-state index is 6.09. The van der Waals surface area contributed by atoms with Crippen molar-refractivity contribution in [2.24, 2.45) is 5.84 Å². The molecule has 0 aliphatic heterocycles. The highest BCUT2D eigenvalue weighted by Gasteiger charge is 2.05. The molecule has 8 heteroatoms. The van der Waals surface area contributed by atoms with Crippen LogP contribution in [0.25, 0.3) is 0 Å². The van der Waals surface area contributed by atoms with Crippen molar-refractivity contribution < 1.29 is 0 Å². The van der Waals surface area contributed by atoms with Crippen LogP contribution in [0.4, 0.5) is 23.3 Å². The molecule has 6 N–H and O–H groups in total. The summed E-state index contributed by atoms with van der Waals surface area (Å²) < 4.78 is 0.893. The summed E-state index contributed by atoms with van der Waals surface area (Å²) in [5, 5.41) is 3.59. The molecule has 0 unspecified atom stereocenters. The Balaban J connectivity index is 2.30. The molecule has 0 aliphatic carbocycles. The third-order valence-electron chi connectivity index (χ3n) is 2.09. The number of halogens is 2. The first-order chi connectivity index (χ1) is 8.58. The van der Waals surface area contributed by atoms with Gasteiger partial charge in [0.2, 0.25) is 5.95 Å². The number of nitrogen functional groups attached to an aromatic ring is 2. The highest BCUT2D eigenvalue weighted by atomic mass is 79.9. The molecular weight excluding hydrogens is 320 g/mol. The SMILES string of the molecule is NNc1cc(Nc2ccc(Br)cc2Cl)nc(N)n1. The molecule has 6 nitrogen and oxygen atoms in total. The second-order valence-electron chi connectivity index (χ2n) is 3.39. The van der Waals surface area contributed by atoms with Crippen molar-refractivity contribution in [3.8, 4) is 0 Å². The molecule has 1 heterocycles. The predicted molar refractivity (Wildman–Crippen MR) is 76.7 cm³/mol. The predicted octanol–water partition coefficient (Wildman–Crippen LogP) is 2.50. The molecular formula is C10H10BrClN6. The van der Waals surface area contributed by atoms with Gasteiger partial charge in [0.1, 0.15) is 11.6 Å². The lowest BCUT2D eigenvalue weighted by Gasteiger charge is -2.09. The second kappa shape index (κ2) is 5.38. The van der Waals surface area contributed by atoms with Crippen LogP contribution in [0.5, 0.6) is 0 Å². The Morgan fingerprint density at radius 3 is 2.56 bits per heavy atom. The zero-order valence-corrected chi connectivity index (χ0v) is 11.5. The third-order valence-corrected chi connectivity index (χ3v) is 2.89. The maximum absolute atomic E-state index is 6.09. The Morgan fingerprint density at radius 1 is 1.17 bits per heavy atom. The van der Waals surface area contributed by atoms with Crippen molar-refractivity contribution in [3.05, 3.63) is 33.8 Å². The van der Waals surface area contributed by atoms with Crippen molar-refractivity contribution in [3.63, 3.8) is 0 Å². The van der Waals surface area contributed by atoms with Crippen molar-refractivity contribution in [2.75, 3.05) is 16.5 Å². The highest BCUT2D eigenvalue weighted by Crippen LogP contribution is 2.28. The van der Waals surface area contributed by atoms with Crippen LogP contribution < -0.4 is 22.3 Å². The Labute approximate surface area is 117 Å². The van der Waals surface area contributed by atoms with Gasteiger partial charge in [0, 0.05) is 10.5 Å². The van der Waals surface area contributed by atoms with Crippen LogP contribution >= 0.6 is 27.5 Å². The number of nitrogens with zero attached hydrogens (tertiary/aromatic N) is 2. The molecule has 0 saturated carbocycles. The number of hydrazine groups is 1. The van der Waals surface area contributed by atoms with Gasteiger partial charge < -0.3 is 16.5 Å². The zero-order chi connectivity index (χ0) is 13.1. The van der Waals surface area contributed by atoms with Crippen LogP contribution in [-0.4, -0.2) is 9.97 Å². The van der Waals surface area contributed by atoms with Gasteiger partial charge in [0.05, 0.1) is 10.7 Å². The van der Waals surface area contributed by atoms with Crippen molar-refractivity contribution >= 4 is 50.8 Å². The number of benzene rings is 1. The molecule has 0 aliphatic rings. The van der Waals surface area contributed by atoms with Gasteiger partial charge in [-0.25, -0.2) is 5.84 Å². The van der Waals surface area contributed by atoms with E-state index in [1.165, 1.54) is 0 Å². The van der Waals surface area contributed by atoms with E-state index in [1.54, 1.807) is 12.1 Å². The van der Waals surface area contributed by atoms with E-state index in [0.717, 1.165) is 4.47 Å². The summed E-state index contributed by atoms with van der Waals surface area (Å²) in [4.78, 5) is 7.91. The van der Waals surface area contributed by atoms with E-state index < -0.39 is 0 Å². The molecule has 0 bridgehead atoms. The molecule has 2 rings (SSSR count). The van der Waals surface area contributed by atoms with Gasteiger partial charge in [0.25, 0.3) is 0 Å². The van der Waals surface area contributed by atoms with Gasteiger partial charge in [0.15, 0.2) is 0 Å². The van der Waals surface area contributed by atoms with Gasteiger partial charge >= 0.3 is 0 Å². The number of aromatic nitrogens is 2. The molecule has 0 amide bonds. The molecule has 0 fully saturated rings. The van der Waals surface area contributed by atoms with Gasteiger partial charge in [-0.1, -0.05) is 27.5 Å². The molecule has 1 aromatic carbocycles. The summed E-state index contributed by atoms with van der Waals surface area (Å²) >= 11 is 9.42. The van der Waals surface area contributed by atoms with Gasteiger partial charge in [-0.05, 0) is 18.2 Å². The first kappa shape index (κ1) is 12.9. The Kier molecular flexibility index (Phi) is 3.85. The normalized spacial score (nSPS) is 10.2. The fourth-order valence-electron chi connectivity index (χ4n) is 1.33. The zero-order valence-electron chi connectivity index (χ0n) is 9.11. The minimum atomic E-state index is 0.112. The topological polar surface area (TPSA) is 102 Å².